The van der Waals surface area contributed by atoms with Gasteiger partial charge in [-0.25, -0.2) is 9.97 Å². The van der Waals surface area contributed by atoms with Crippen LogP contribution in [0.4, 0.5) is 11.5 Å². The quantitative estimate of drug-likeness (QED) is 0.603. The summed E-state index contributed by atoms with van der Waals surface area (Å²) in [6.45, 7) is 1.70. The molecule has 0 saturated carbocycles. The van der Waals surface area contributed by atoms with Crippen LogP contribution in [0.2, 0.25) is 10.0 Å². The van der Waals surface area contributed by atoms with Crippen molar-refractivity contribution in [2.75, 3.05) is 24.2 Å². The Kier molecular flexibility index (Phi) is 6.01. The first-order valence-corrected chi connectivity index (χ1v) is 10.7. The number of anilines is 2. The van der Waals surface area contributed by atoms with E-state index in [1.165, 1.54) is 23.6 Å². The van der Waals surface area contributed by atoms with E-state index in [0.717, 1.165) is 30.1 Å². The van der Waals surface area contributed by atoms with E-state index in [0.29, 0.717) is 26.6 Å². The summed E-state index contributed by atoms with van der Waals surface area (Å²) in [5, 5.41) is 6.66. The fourth-order valence-electron chi connectivity index (χ4n) is 3.04. The molecule has 1 aliphatic rings. The number of likely N-dealkylation sites (N-methyl/N-ethyl adjacent to an activating group) is 1. The van der Waals surface area contributed by atoms with Crippen molar-refractivity contribution in [3.8, 4) is 0 Å². The molecule has 0 atom stereocenters. The molecular formula is C20H17Cl2N5O2S. The van der Waals surface area contributed by atoms with E-state index >= 15 is 0 Å². The number of rotatable bonds is 4. The van der Waals surface area contributed by atoms with E-state index in [-0.39, 0.29) is 11.5 Å². The highest BCUT2D eigenvalue weighted by molar-refractivity contribution is 7.13. The lowest BCUT2D eigenvalue weighted by Gasteiger charge is -2.20. The number of nitrogens with zero attached hydrogens (tertiary/aromatic N) is 3. The van der Waals surface area contributed by atoms with Gasteiger partial charge in [-0.1, -0.05) is 23.2 Å². The third-order valence-electron chi connectivity index (χ3n) is 4.56. The number of thiazole rings is 1. The summed E-state index contributed by atoms with van der Waals surface area (Å²) in [7, 11) is 2.04. The monoisotopic (exact) mass is 461 g/mol. The number of aromatic nitrogens is 2. The molecule has 0 aliphatic carbocycles. The number of amides is 2. The Balaban J connectivity index is 1.55. The number of benzene rings is 1. The summed E-state index contributed by atoms with van der Waals surface area (Å²) in [6.07, 6.45) is 2.25. The predicted molar refractivity (Wildman–Crippen MR) is 119 cm³/mol. The molecule has 1 aromatic carbocycles. The SMILES string of the molecule is CN1CCc2nc(C(=O)Nc3ccc(Cl)cc3C(=O)Nc3ccc(Cl)cn3)sc2C1. The van der Waals surface area contributed by atoms with Crippen molar-refractivity contribution in [3.05, 3.63) is 67.7 Å². The Morgan fingerprint density at radius 3 is 2.67 bits per heavy atom. The van der Waals surface area contributed by atoms with Gasteiger partial charge in [0.05, 0.1) is 22.0 Å². The zero-order valence-electron chi connectivity index (χ0n) is 15.9. The first kappa shape index (κ1) is 20.7. The summed E-state index contributed by atoms with van der Waals surface area (Å²) < 4.78 is 0. The third-order valence-corrected chi connectivity index (χ3v) is 6.10. The first-order chi connectivity index (χ1) is 14.4. The molecule has 0 saturated heterocycles. The van der Waals surface area contributed by atoms with Crippen LogP contribution < -0.4 is 10.6 Å². The zero-order valence-corrected chi connectivity index (χ0v) is 18.2. The van der Waals surface area contributed by atoms with Crippen LogP contribution in [0.3, 0.4) is 0 Å². The molecule has 154 valence electrons. The molecule has 1 aliphatic heterocycles. The Bertz CT molecular complexity index is 1120. The minimum absolute atomic E-state index is 0.216. The van der Waals surface area contributed by atoms with Crippen LogP contribution in [0.5, 0.6) is 0 Å². The molecule has 0 radical (unpaired) electrons. The minimum atomic E-state index is -0.456. The zero-order chi connectivity index (χ0) is 21.3. The normalized spacial score (nSPS) is 13.6. The van der Waals surface area contributed by atoms with Crippen LogP contribution in [0.15, 0.2) is 36.5 Å². The summed E-state index contributed by atoms with van der Waals surface area (Å²) in [5.41, 5.74) is 1.51. The van der Waals surface area contributed by atoms with Gasteiger partial charge in [0.2, 0.25) is 0 Å². The van der Waals surface area contributed by atoms with Gasteiger partial charge in [0.1, 0.15) is 5.82 Å². The molecule has 3 aromatic rings. The predicted octanol–water partition coefficient (Wildman–Crippen LogP) is 4.34. The summed E-state index contributed by atoms with van der Waals surface area (Å²) in [4.78, 5) is 37.4. The van der Waals surface area contributed by atoms with Crippen molar-refractivity contribution in [1.82, 2.24) is 14.9 Å². The van der Waals surface area contributed by atoms with E-state index in [1.807, 2.05) is 7.05 Å². The number of pyridine rings is 1. The number of hydrogen-bond acceptors (Lipinski definition) is 6. The lowest BCUT2D eigenvalue weighted by molar-refractivity contribution is 0.102. The number of halogens is 2. The molecule has 0 spiro atoms. The van der Waals surface area contributed by atoms with Gasteiger partial charge in [-0.3, -0.25) is 9.59 Å². The highest BCUT2D eigenvalue weighted by Crippen LogP contribution is 2.27. The first-order valence-electron chi connectivity index (χ1n) is 9.10. The van der Waals surface area contributed by atoms with Crippen molar-refractivity contribution in [2.24, 2.45) is 0 Å². The van der Waals surface area contributed by atoms with Crippen LogP contribution in [-0.2, 0) is 13.0 Å². The van der Waals surface area contributed by atoms with E-state index in [4.69, 9.17) is 23.2 Å². The number of hydrogen-bond donors (Lipinski definition) is 2. The van der Waals surface area contributed by atoms with Gasteiger partial charge in [0, 0.05) is 35.6 Å². The third kappa shape index (κ3) is 4.62. The second-order valence-electron chi connectivity index (χ2n) is 6.84. The number of carbonyl (C=O) groups excluding carboxylic acids is 2. The molecule has 0 fully saturated rings. The van der Waals surface area contributed by atoms with Crippen LogP contribution in [0, 0.1) is 0 Å². The average Bonchev–Trinajstić information content (AvgIpc) is 3.14. The minimum Gasteiger partial charge on any atom is -0.319 e. The standard InChI is InChI=1S/C20H17Cl2N5O2S/c1-27-7-6-15-16(10-27)30-20(25-15)19(29)24-14-4-2-11(21)8-13(14)18(28)26-17-5-3-12(22)9-23-17/h2-5,8-9H,6-7,10H2,1H3,(H,24,29)(H,23,26,28). The van der Waals surface area contributed by atoms with E-state index in [2.05, 4.69) is 25.5 Å². The second kappa shape index (κ2) is 8.69. The summed E-state index contributed by atoms with van der Waals surface area (Å²) >= 11 is 13.3. The Morgan fingerprint density at radius 1 is 1.10 bits per heavy atom. The highest BCUT2D eigenvalue weighted by atomic mass is 35.5. The Labute approximate surface area is 187 Å². The fraction of sp³-hybridized carbons (Fsp3) is 0.200. The molecule has 0 bridgehead atoms. The van der Waals surface area contributed by atoms with Gasteiger partial charge in [0.25, 0.3) is 11.8 Å². The number of fused-ring (bicyclic) bond motifs is 1. The molecule has 7 nitrogen and oxygen atoms in total. The molecule has 2 amide bonds. The molecule has 10 heteroatoms. The molecule has 2 N–H and O–H groups in total. The maximum absolute atomic E-state index is 12.8. The van der Waals surface area contributed by atoms with Gasteiger partial charge >= 0.3 is 0 Å². The maximum Gasteiger partial charge on any atom is 0.284 e. The lowest BCUT2D eigenvalue weighted by Crippen LogP contribution is -2.25. The van der Waals surface area contributed by atoms with E-state index in [1.54, 1.807) is 24.3 Å². The van der Waals surface area contributed by atoms with Crippen molar-refractivity contribution in [2.45, 2.75) is 13.0 Å². The van der Waals surface area contributed by atoms with E-state index in [9.17, 15) is 9.59 Å². The van der Waals surface area contributed by atoms with Crippen LogP contribution in [0.1, 0.15) is 30.7 Å². The maximum atomic E-state index is 12.8. The van der Waals surface area contributed by atoms with Crippen molar-refractivity contribution in [3.63, 3.8) is 0 Å². The smallest absolute Gasteiger partial charge is 0.284 e. The van der Waals surface area contributed by atoms with E-state index < -0.39 is 5.91 Å². The molecule has 0 unspecified atom stereocenters. The van der Waals surface area contributed by atoms with Gasteiger partial charge in [-0.05, 0) is 37.4 Å². The number of carbonyl (C=O) groups is 2. The number of nitrogens with one attached hydrogen (secondary N) is 2. The molecule has 2 aromatic heterocycles. The van der Waals surface area contributed by atoms with Crippen molar-refractivity contribution in [1.29, 1.82) is 0 Å². The highest BCUT2D eigenvalue weighted by Gasteiger charge is 2.22. The van der Waals surface area contributed by atoms with Gasteiger partial charge < -0.3 is 15.5 Å². The lowest BCUT2D eigenvalue weighted by atomic mass is 10.1. The van der Waals surface area contributed by atoms with Gasteiger partial charge in [-0.2, -0.15) is 0 Å². The summed E-state index contributed by atoms with van der Waals surface area (Å²) in [6, 6.07) is 7.89. The van der Waals surface area contributed by atoms with Crippen LogP contribution >= 0.6 is 34.5 Å². The van der Waals surface area contributed by atoms with Gasteiger partial charge in [0.15, 0.2) is 5.01 Å². The van der Waals surface area contributed by atoms with Crippen LogP contribution in [-0.4, -0.2) is 40.3 Å². The molecule has 30 heavy (non-hydrogen) atoms. The Morgan fingerprint density at radius 2 is 1.90 bits per heavy atom. The molecular weight excluding hydrogens is 445 g/mol. The van der Waals surface area contributed by atoms with Crippen molar-refractivity contribution >= 4 is 57.9 Å². The van der Waals surface area contributed by atoms with Gasteiger partial charge in [-0.15, -0.1) is 11.3 Å². The molecule has 3 heterocycles. The Hall–Kier alpha value is -2.52. The fourth-order valence-corrected chi connectivity index (χ4v) is 4.41. The largest absolute Gasteiger partial charge is 0.319 e. The topological polar surface area (TPSA) is 87.2 Å². The average molecular weight is 462 g/mol. The van der Waals surface area contributed by atoms with Crippen molar-refractivity contribution < 1.29 is 9.59 Å². The second-order valence-corrected chi connectivity index (χ2v) is 8.79. The molecule has 4 rings (SSSR count). The van der Waals surface area contributed by atoms with Crippen LogP contribution in [0.25, 0.3) is 0 Å². The summed E-state index contributed by atoms with van der Waals surface area (Å²) in [5.74, 6) is -0.487.